The fourth-order valence-corrected chi connectivity index (χ4v) is 4.90. The van der Waals surface area contributed by atoms with Crippen molar-refractivity contribution in [2.45, 2.75) is 43.0 Å². The Morgan fingerprint density at radius 3 is 2.54 bits per heavy atom. The number of carbonyl (C=O) groups excluding carboxylic acids is 1. The standard InChI is InChI=1S/C18H27N3O3S.ClH/c1-21(16-7-3-2-4-8-16)25(23,24)17-9-5-6-15(10-17)18(22)20-13-14-11-19-12-14;/h5-6,9-10,14,16,19H,2-4,7-8,11-13H2,1H3,(H,20,22);1H. The number of nitrogens with one attached hydrogen (secondary N) is 2. The lowest BCUT2D eigenvalue weighted by Crippen LogP contribution is -2.48. The molecule has 0 aromatic heterocycles. The van der Waals surface area contributed by atoms with Crippen molar-refractivity contribution >= 4 is 28.3 Å². The van der Waals surface area contributed by atoms with Crippen molar-refractivity contribution in [3.05, 3.63) is 29.8 Å². The molecule has 2 fully saturated rings. The van der Waals surface area contributed by atoms with Crippen LogP contribution in [-0.2, 0) is 10.0 Å². The number of sulfonamides is 1. The fourth-order valence-electron chi connectivity index (χ4n) is 3.44. The van der Waals surface area contributed by atoms with Crippen molar-refractivity contribution in [1.82, 2.24) is 14.9 Å². The van der Waals surface area contributed by atoms with Gasteiger partial charge in [0.15, 0.2) is 0 Å². The van der Waals surface area contributed by atoms with Crippen molar-refractivity contribution in [3.63, 3.8) is 0 Å². The molecule has 1 aliphatic heterocycles. The molecule has 1 aliphatic carbocycles. The second-order valence-electron chi connectivity index (χ2n) is 7.08. The van der Waals surface area contributed by atoms with Crippen LogP contribution in [0.1, 0.15) is 42.5 Å². The summed E-state index contributed by atoms with van der Waals surface area (Å²) in [6, 6.07) is 6.42. The van der Waals surface area contributed by atoms with E-state index in [4.69, 9.17) is 0 Å². The van der Waals surface area contributed by atoms with Crippen LogP contribution in [0, 0.1) is 5.92 Å². The molecule has 0 spiro atoms. The van der Waals surface area contributed by atoms with Crippen molar-refractivity contribution in [2.24, 2.45) is 5.92 Å². The second-order valence-corrected chi connectivity index (χ2v) is 9.07. The number of carbonyl (C=O) groups is 1. The first-order valence-electron chi connectivity index (χ1n) is 9.05. The molecule has 6 nitrogen and oxygen atoms in total. The van der Waals surface area contributed by atoms with E-state index in [9.17, 15) is 13.2 Å². The van der Waals surface area contributed by atoms with E-state index in [1.54, 1.807) is 25.2 Å². The molecule has 8 heteroatoms. The van der Waals surface area contributed by atoms with E-state index in [2.05, 4.69) is 10.6 Å². The molecule has 3 rings (SSSR count). The molecular weight excluding hydrogens is 374 g/mol. The van der Waals surface area contributed by atoms with Gasteiger partial charge in [-0.05, 0) is 31.0 Å². The first kappa shape index (κ1) is 21.2. The highest BCUT2D eigenvalue weighted by molar-refractivity contribution is 7.89. The van der Waals surface area contributed by atoms with Gasteiger partial charge in [0.2, 0.25) is 10.0 Å². The predicted octanol–water partition coefficient (Wildman–Crippen LogP) is 2.01. The Morgan fingerprint density at radius 1 is 1.23 bits per heavy atom. The molecule has 1 aromatic carbocycles. The van der Waals surface area contributed by atoms with Crippen molar-refractivity contribution in [2.75, 3.05) is 26.7 Å². The molecule has 146 valence electrons. The van der Waals surface area contributed by atoms with E-state index in [1.165, 1.54) is 16.8 Å². The van der Waals surface area contributed by atoms with Crippen LogP contribution in [0.4, 0.5) is 0 Å². The average Bonchev–Trinajstić information content (AvgIpc) is 2.60. The van der Waals surface area contributed by atoms with Crippen LogP contribution >= 0.6 is 12.4 Å². The summed E-state index contributed by atoms with van der Waals surface area (Å²) in [5.41, 5.74) is 0.394. The van der Waals surface area contributed by atoms with Crippen LogP contribution < -0.4 is 10.6 Å². The molecule has 0 atom stereocenters. The van der Waals surface area contributed by atoms with Gasteiger partial charge in [-0.15, -0.1) is 12.4 Å². The van der Waals surface area contributed by atoms with Crippen molar-refractivity contribution in [3.8, 4) is 0 Å². The molecule has 1 saturated heterocycles. The number of benzene rings is 1. The van der Waals surface area contributed by atoms with Crippen LogP contribution in [0.25, 0.3) is 0 Å². The highest BCUT2D eigenvalue weighted by Crippen LogP contribution is 2.26. The second kappa shape index (κ2) is 9.17. The molecule has 1 heterocycles. The summed E-state index contributed by atoms with van der Waals surface area (Å²) in [5, 5.41) is 6.05. The lowest BCUT2D eigenvalue weighted by Gasteiger charge is -2.30. The largest absolute Gasteiger partial charge is 0.352 e. The van der Waals surface area contributed by atoms with E-state index in [0.717, 1.165) is 38.8 Å². The highest BCUT2D eigenvalue weighted by Gasteiger charge is 2.29. The number of hydrogen-bond donors (Lipinski definition) is 2. The Labute approximate surface area is 162 Å². The van der Waals surface area contributed by atoms with Gasteiger partial charge in [0.05, 0.1) is 4.90 Å². The normalized spacial score (nSPS) is 18.8. The summed E-state index contributed by atoms with van der Waals surface area (Å²) in [6.07, 6.45) is 5.14. The Morgan fingerprint density at radius 2 is 1.92 bits per heavy atom. The van der Waals surface area contributed by atoms with Gasteiger partial charge >= 0.3 is 0 Å². The van der Waals surface area contributed by atoms with Crippen LogP contribution in [0.2, 0.25) is 0 Å². The molecule has 1 saturated carbocycles. The number of amides is 1. The first-order chi connectivity index (χ1) is 12.0. The molecule has 2 aliphatic rings. The molecule has 1 aromatic rings. The van der Waals surface area contributed by atoms with Crippen LogP contribution in [0.3, 0.4) is 0 Å². The van der Waals surface area contributed by atoms with Gasteiger partial charge in [-0.1, -0.05) is 25.3 Å². The van der Waals surface area contributed by atoms with Gasteiger partial charge in [-0.25, -0.2) is 8.42 Å². The minimum Gasteiger partial charge on any atom is -0.352 e. The highest BCUT2D eigenvalue weighted by atomic mass is 35.5. The molecule has 0 bridgehead atoms. The van der Waals surface area contributed by atoms with E-state index >= 15 is 0 Å². The smallest absolute Gasteiger partial charge is 0.251 e. The Hall–Kier alpha value is -1.15. The van der Waals surface area contributed by atoms with E-state index < -0.39 is 10.0 Å². The Kier molecular flexibility index (Phi) is 7.46. The molecule has 0 unspecified atom stereocenters. The van der Waals surface area contributed by atoms with Gasteiger partial charge in [-0.2, -0.15) is 4.31 Å². The fraction of sp³-hybridized carbons (Fsp3) is 0.611. The predicted molar refractivity (Wildman–Crippen MR) is 104 cm³/mol. The number of hydrogen-bond acceptors (Lipinski definition) is 4. The topological polar surface area (TPSA) is 78.5 Å². The average molecular weight is 402 g/mol. The summed E-state index contributed by atoms with van der Waals surface area (Å²) >= 11 is 0. The van der Waals surface area contributed by atoms with Crippen LogP contribution in [0.5, 0.6) is 0 Å². The maximum absolute atomic E-state index is 12.9. The third-order valence-corrected chi connectivity index (χ3v) is 7.19. The third-order valence-electron chi connectivity index (χ3n) is 5.28. The Bertz CT molecular complexity index is 716. The number of nitrogens with zero attached hydrogens (tertiary/aromatic N) is 1. The molecule has 26 heavy (non-hydrogen) atoms. The van der Waals surface area contributed by atoms with Gasteiger partial charge in [0, 0.05) is 44.2 Å². The maximum Gasteiger partial charge on any atom is 0.251 e. The van der Waals surface area contributed by atoms with Gasteiger partial charge < -0.3 is 10.6 Å². The summed E-state index contributed by atoms with van der Waals surface area (Å²) in [4.78, 5) is 12.5. The van der Waals surface area contributed by atoms with E-state index in [-0.39, 0.29) is 29.3 Å². The van der Waals surface area contributed by atoms with Crippen molar-refractivity contribution < 1.29 is 13.2 Å². The first-order valence-corrected chi connectivity index (χ1v) is 10.5. The molecule has 1 amide bonds. The summed E-state index contributed by atoms with van der Waals surface area (Å²) < 4.78 is 27.3. The minimum absolute atomic E-state index is 0. The van der Waals surface area contributed by atoms with Crippen LogP contribution in [0.15, 0.2) is 29.2 Å². The zero-order valence-electron chi connectivity index (χ0n) is 15.1. The lowest BCUT2D eigenvalue weighted by atomic mass is 9.96. The van der Waals surface area contributed by atoms with Crippen LogP contribution in [-0.4, -0.2) is 51.4 Å². The summed E-state index contributed by atoms with van der Waals surface area (Å²) in [6.45, 7) is 2.45. The van der Waals surface area contributed by atoms with Gasteiger partial charge in [0.1, 0.15) is 0 Å². The molecule has 0 radical (unpaired) electrons. The Balaban J connectivity index is 0.00000243. The van der Waals surface area contributed by atoms with Crippen molar-refractivity contribution in [1.29, 1.82) is 0 Å². The zero-order valence-corrected chi connectivity index (χ0v) is 16.7. The lowest BCUT2D eigenvalue weighted by molar-refractivity contribution is 0.0942. The quantitative estimate of drug-likeness (QED) is 0.764. The summed E-state index contributed by atoms with van der Waals surface area (Å²) in [5.74, 6) is 0.248. The maximum atomic E-state index is 12.9. The summed E-state index contributed by atoms with van der Waals surface area (Å²) in [7, 11) is -1.92. The molecular formula is C18H28ClN3O3S. The number of halogens is 1. The zero-order chi connectivity index (χ0) is 17.9. The molecule has 2 N–H and O–H groups in total. The number of rotatable bonds is 6. The van der Waals surface area contributed by atoms with E-state index in [1.807, 2.05) is 0 Å². The monoisotopic (exact) mass is 401 g/mol. The third kappa shape index (κ3) is 4.76. The van der Waals surface area contributed by atoms with Gasteiger partial charge in [-0.3, -0.25) is 4.79 Å². The van der Waals surface area contributed by atoms with Gasteiger partial charge in [0.25, 0.3) is 5.91 Å². The van der Waals surface area contributed by atoms with E-state index in [0.29, 0.717) is 18.0 Å². The SMILES string of the molecule is CN(C1CCCCC1)S(=O)(=O)c1cccc(C(=O)NCC2CNC2)c1.Cl. The minimum atomic E-state index is -3.58.